The second kappa shape index (κ2) is 3.87. The molecule has 5 nitrogen and oxygen atoms in total. The largest absolute Gasteiger partial charge is 0.478 e. The maximum atomic E-state index is 12.4. The van der Waals surface area contributed by atoms with Crippen LogP contribution in [0.1, 0.15) is 40.1 Å². The fraction of sp³-hybridized carbons (Fsp3) is 0.375. The molecule has 1 saturated carbocycles. The van der Waals surface area contributed by atoms with Gasteiger partial charge in [-0.3, -0.25) is 4.79 Å². The number of aromatic carboxylic acids is 1. The molecule has 1 aromatic heterocycles. The smallest absolute Gasteiger partial charge is 0.335 e. The monoisotopic (exact) mass is 284 g/mol. The van der Waals surface area contributed by atoms with E-state index < -0.39 is 5.97 Å². The van der Waals surface area contributed by atoms with Crippen molar-refractivity contribution in [2.24, 2.45) is 0 Å². The Balaban J connectivity index is 2.03. The average Bonchev–Trinajstić information content (AvgIpc) is 2.80. The SMILES string of the molecule is CN1CC2(CCC2)n2c(cc3ccc(C(=O)O)cc32)C1=O. The van der Waals surface area contributed by atoms with Gasteiger partial charge in [-0.15, -0.1) is 0 Å². The third kappa shape index (κ3) is 1.51. The van der Waals surface area contributed by atoms with Crippen molar-refractivity contribution < 1.29 is 14.7 Å². The van der Waals surface area contributed by atoms with E-state index in [1.807, 2.05) is 13.1 Å². The van der Waals surface area contributed by atoms with Crippen LogP contribution in [0, 0.1) is 0 Å². The van der Waals surface area contributed by atoms with Gasteiger partial charge in [0.05, 0.1) is 16.6 Å². The number of amides is 1. The number of likely N-dealkylation sites (N-methyl/N-ethyl adjacent to an activating group) is 1. The van der Waals surface area contributed by atoms with E-state index in [4.69, 9.17) is 0 Å². The van der Waals surface area contributed by atoms with Gasteiger partial charge in [-0.25, -0.2) is 4.79 Å². The molecule has 1 spiro atoms. The van der Waals surface area contributed by atoms with Gasteiger partial charge in [-0.2, -0.15) is 0 Å². The highest BCUT2D eigenvalue weighted by molar-refractivity contribution is 6.01. The summed E-state index contributed by atoms with van der Waals surface area (Å²) in [6.45, 7) is 0.708. The molecular formula is C16H16N2O3. The standard InChI is InChI=1S/C16H16N2O3/c1-17-9-16(5-2-6-16)18-12-8-11(15(20)21)4-3-10(12)7-13(18)14(17)19/h3-4,7-8H,2,5-6,9H2,1H3,(H,20,21). The van der Waals surface area contributed by atoms with Crippen molar-refractivity contribution in [3.8, 4) is 0 Å². The quantitative estimate of drug-likeness (QED) is 0.874. The Morgan fingerprint density at radius 2 is 2.05 bits per heavy atom. The van der Waals surface area contributed by atoms with Crippen LogP contribution in [0.2, 0.25) is 0 Å². The minimum Gasteiger partial charge on any atom is -0.478 e. The number of aromatic nitrogens is 1. The van der Waals surface area contributed by atoms with Gasteiger partial charge in [0.15, 0.2) is 0 Å². The lowest BCUT2D eigenvalue weighted by Gasteiger charge is -2.49. The molecule has 0 radical (unpaired) electrons. The summed E-state index contributed by atoms with van der Waals surface area (Å²) in [5, 5.41) is 10.1. The molecule has 5 heteroatoms. The molecule has 0 unspecified atom stereocenters. The molecule has 1 aliphatic carbocycles. The van der Waals surface area contributed by atoms with Gasteiger partial charge in [0, 0.05) is 19.0 Å². The Labute approximate surface area is 121 Å². The van der Waals surface area contributed by atoms with E-state index in [0.29, 0.717) is 12.2 Å². The van der Waals surface area contributed by atoms with E-state index in [1.54, 1.807) is 23.1 Å². The molecule has 21 heavy (non-hydrogen) atoms. The topological polar surface area (TPSA) is 62.5 Å². The van der Waals surface area contributed by atoms with Gasteiger partial charge in [0.2, 0.25) is 0 Å². The second-order valence-electron chi connectivity index (χ2n) is 6.18. The van der Waals surface area contributed by atoms with Crippen molar-refractivity contribution in [2.75, 3.05) is 13.6 Å². The lowest BCUT2D eigenvalue weighted by atomic mass is 9.74. The predicted octanol–water partition coefficient (Wildman–Crippen LogP) is 2.30. The highest BCUT2D eigenvalue weighted by atomic mass is 16.4. The maximum Gasteiger partial charge on any atom is 0.335 e. The number of fused-ring (bicyclic) bond motifs is 4. The number of carboxylic acids is 1. The number of hydrogen-bond acceptors (Lipinski definition) is 2. The zero-order valence-electron chi connectivity index (χ0n) is 11.8. The Morgan fingerprint density at radius 3 is 2.67 bits per heavy atom. The lowest BCUT2D eigenvalue weighted by molar-refractivity contribution is 0.0425. The fourth-order valence-electron chi connectivity index (χ4n) is 3.75. The molecule has 0 saturated heterocycles. The van der Waals surface area contributed by atoms with E-state index in [2.05, 4.69) is 4.57 Å². The van der Waals surface area contributed by atoms with Crippen LogP contribution in [-0.4, -0.2) is 40.0 Å². The molecule has 2 aliphatic rings. The first-order valence-electron chi connectivity index (χ1n) is 7.17. The summed E-state index contributed by atoms with van der Waals surface area (Å²) in [6, 6.07) is 6.97. The maximum absolute atomic E-state index is 12.4. The second-order valence-corrected chi connectivity index (χ2v) is 6.18. The van der Waals surface area contributed by atoms with Crippen LogP contribution < -0.4 is 0 Å². The van der Waals surface area contributed by atoms with Crippen molar-refractivity contribution in [1.82, 2.24) is 9.47 Å². The number of nitrogens with zero attached hydrogens (tertiary/aromatic N) is 2. The summed E-state index contributed by atoms with van der Waals surface area (Å²) in [4.78, 5) is 25.4. The molecule has 0 bridgehead atoms. The van der Waals surface area contributed by atoms with Crippen molar-refractivity contribution in [3.05, 3.63) is 35.5 Å². The molecule has 4 rings (SSSR count). The van der Waals surface area contributed by atoms with Crippen LogP contribution in [0.5, 0.6) is 0 Å². The van der Waals surface area contributed by atoms with Gasteiger partial charge in [0.25, 0.3) is 5.91 Å². The molecule has 2 heterocycles. The summed E-state index contributed by atoms with van der Waals surface area (Å²) in [5.41, 5.74) is 1.77. The van der Waals surface area contributed by atoms with Crippen molar-refractivity contribution in [2.45, 2.75) is 24.8 Å². The van der Waals surface area contributed by atoms with Gasteiger partial charge >= 0.3 is 5.97 Å². The zero-order chi connectivity index (χ0) is 14.8. The number of hydrogen-bond donors (Lipinski definition) is 1. The highest BCUT2D eigenvalue weighted by Crippen LogP contribution is 2.45. The molecule has 1 fully saturated rings. The Kier molecular flexibility index (Phi) is 2.29. The highest BCUT2D eigenvalue weighted by Gasteiger charge is 2.46. The summed E-state index contributed by atoms with van der Waals surface area (Å²) < 4.78 is 2.10. The molecule has 1 aromatic carbocycles. The van der Waals surface area contributed by atoms with Gasteiger partial charge in [-0.1, -0.05) is 6.07 Å². The molecule has 2 aromatic rings. The van der Waals surface area contributed by atoms with Crippen molar-refractivity contribution in [3.63, 3.8) is 0 Å². The fourth-order valence-corrected chi connectivity index (χ4v) is 3.75. The normalized spacial score (nSPS) is 19.7. The van der Waals surface area contributed by atoms with Crippen LogP contribution >= 0.6 is 0 Å². The molecule has 0 atom stereocenters. The number of carbonyl (C=O) groups excluding carboxylic acids is 1. The summed E-state index contributed by atoms with van der Waals surface area (Å²) in [6.07, 6.45) is 3.23. The number of rotatable bonds is 1. The summed E-state index contributed by atoms with van der Waals surface area (Å²) in [5.74, 6) is -0.921. The average molecular weight is 284 g/mol. The van der Waals surface area contributed by atoms with Crippen molar-refractivity contribution in [1.29, 1.82) is 0 Å². The molecular weight excluding hydrogens is 268 g/mol. The van der Waals surface area contributed by atoms with E-state index in [-0.39, 0.29) is 17.0 Å². The molecule has 1 N–H and O–H groups in total. The van der Waals surface area contributed by atoms with Crippen LogP contribution in [-0.2, 0) is 5.54 Å². The Morgan fingerprint density at radius 1 is 1.29 bits per heavy atom. The first-order chi connectivity index (χ1) is 10.0. The molecule has 1 amide bonds. The minimum absolute atomic E-state index is 0.0144. The van der Waals surface area contributed by atoms with Crippen LogP contribution in [0.3, 0.4) is 0 Å². The van der Waals surface area contributed by atoms with Crippen LogP contribution in [0.25, 0.3) is 10.9 Å². The minimum atomic E-state index is -0.936. The number of benzene rings is 1. The summed E-state index contributed by atoms with van der Waals surface area (Å²) in [7, 11) is 1.84. The molecule has 108 valence electrons. The third-order valence-electron chi connectivity index (χ3n) is 4.91. The number of carboxylic acid groups (broad SMARTS) is 1. The predicted molar refractivity (Wildman–Crippen MR) is 77.7 cm³/mol. The van der Waals surface area contributed by atoms with Crippen LogP contribution in [0.4, 0.5) is 0 Å². The van der Waals surface area contributed by atoms with E-state index in [1.165, 1.54) is 0 Å². The summed E-state index contributed by atoms with van der Waals surface area (Å²) >= 11 is 0. The molecule has 1 aliphatic heterocycles. The van der Waals surface area contributed by atoms with Crippen molar-refractivity contribution >= 4 is 22.8 Å². The first kappa shape index (κ1) is 12.4. The lowest BCUT2D eigenvalue weighted by Crippen LogP contribution is -2.55. The van der Waals surface area contributed by atoms with E-state index >= 15 is 0 Å². The van der Waals surface area contributed by atoms with Gasteiger partial charge in [0.1, 0.15) is 5.69 Å². The van der Waals surface area contributed by atoms with Crippen LogP contribution in [0.15, 0.2) is 24.3 Å². The Bertz CT molecular complexity index is 786. The van der Waals surface area contributed by atoms with Gasteiger partial charge < -0.3 is 14.6 Å². The number of carbonyl (C=O) groups is 2. The van der Waals surface area contributed by atoms with Gasteiger partial charge in [-0.05, 0) is 37.5 Å². The zero-order valence-corrected chi connectivity index (χ0v) is 11.8. The Hall–Kier alpha value is -2.30. The first-order valence-corrected chi connectivity index (χ1v) is 7.17. The van der Waals surface area contributed by atoms with E-state index in [9.17, 15) is 14.7 Å². The third-order valence-corrected chi connectivity index (χ3v) is 4.91. The van der Waals surface area contributed by atoms with E-state index in [0.717, 1.165) is 30.2 Å².